The number of anilines is 2. The van der Waals surface area contributed by atoms with Crippen LogP contribution in [0.25, 0.3) is 21.8 Å². The fraction of sp³-hybridized carbons (Fsp3) is 0.458. The molecule has 6 nitrogen and oxygen atoms in total. The molecule has 0 atom stereocenters. The largest absolute Gasteiger partial charge is 0.351 e. The Morgan fingerprint density at radius 2 is 1.84 bits per heavy atom. The van der Waals surface area contributed by atoms with Crippen molar-refractivity contribution in [2.45, 2.75) is 38.6 Å². The van der Waals surface area contributed by atoms with Crippen molar-refractivity contribution in [1.82, 2.24) is 19.9 Å². The number of nitrogens with one attached hydrogen (secondary N) is 1. The number of aryl methyl sites for hydroxylation is 1. The van der Waals surface area contributed by atoms with Gasteiger partial charge in [0.2, 0.25) is 5.95 Å². The lowest BCUT2D eigenvalue weighted by molar-refractivity contribution is 0.313. The summed E-state index contributed by atoms with van der Waals surface area (Å²) in [5.74, 6) is 0.731. The number of likely N-dealkylation sites (N-methyl/N-ethyl adjacent to an activating group) is 1. The van der Waals surface area contributed by atoms with Crippen LogP contribution in [0, 0.1) is 6.92 Å². The highest BCUT2D eigenvalue weighted by atomic mass is 32.1. The maximum absolute atomic E-state index is 5.12. The molecule has 7 heteroatoms. The number of nitrogens with zero attached hydrogens (tertiary/aromatic N) is 5. The van der Waals surface area contributed by atoms with Crippen molar-refractivity contribution >= 4 is 22.4 Å². The van der Waals surface area contributed by atoms with E-state index in [1.54, 1.807) is 11.3 Å². The van der Waals surface area contributed by atoms with E-state index in [0.717, 1.165) is 59.1 Å². The van der Waals surface area contributed by atoms with Gasteiger partial charge in [0.1, 0.15) is 0 Å². The summed E-state index contributed by atoms with van der Waals surface area (Å²) in [4.78, 5) is 20.4. The number of benzene rings is 1. The third-order valence-electron chi connectivity index (χ3n) is 6.26. The Hall–Kier alpha value is -2.51. The highest BCUT2D eigenvalue weighted by Crippen LogP contribution is 2.40. The highest BCUT2D eigenvalue weighted by molar-refractivity contribution is 7.19. The zero-order valence-electron chi connectivity index (χ0n) is 18.3. The second-order valence-corrected chi connectivity index (χ2v) is 9.70. The highest BCUT2D eigenvalue weighted by Gasteiger charge is 2.23. The Kier molecular flexibility index (Phi) is 5.87. The molecule has 3 aromatic rings. The third kappa shape index (κ3) is 4.57. The molecule has 2 aromatic heterocycles. The first-order chi connectivity index (χ1) is 15.2. The van der Waals surface area contributed by atoms with E-state index >= 15 is 0 Å². The van der Waals surface area contributed by atoms with Crippen molar-refractivity contribution in [1.29, 1.82) is 0 Å². The van der Waals surface area contributed by atoms with Gasteiger partial charge in [-0.1, -0.05) is 47.9 Å². The molecule has 0 spiro atoms. The first-order valence-corrected chi connectivity index (χ1v) is 12.1. The van der Waals surface area contributed by atoms with E-state index in [4.69, 9.17) is 9.97 Å². The lowest BCUT2D eigenvalue weighted by Crippen LogP contribution is -2.44. The Morgan fingerprint density at radius 3 is 2.61 bits per heavy atom. The second kappa shape index (κ2) is 8.93. The number of aromatic nitrogens is 3. The van der Waals surface area contributed by atoms with E-state index in [9.17, 15) is 0 Å². The molecule has 0 bridgehead atoms. The fourth-order valence-corrected chi connectivity index (χ4v) is 5.52. The van der Waals surface area contributed by atoms with Crippen molar-refractivity contribution in [3.63, 3.8) is 0 Å². The van der Waals surface area contributed by atoms with Crippen molar-refractivity contribution in [3.8, 4) is 21.8 Å². The SMILES string of the molecule is Cc1cccc(-c2nc(N3CCN(C)CC3)sc2-c2ccnc(NC3CCCC3)n2)c1. The summed E-state index contributed by atoms with van der Waals surface area (Å²) >= 11 is 1.75. The van der Waals surface area contributed by atoms with Crippen LogP contribution in [0.2, 0.25) is 0 Å². The van der Waals surface area contributed by atoms with E-state index in [2.05, 4.69) is 58.3 Å². The van der Waals surface area contributed by atoms with E-state index < -0.39 is 0 Å². The first-order valence-electron chi connectivity index (χ1n) is 11.3. The summed E-state index contributed by atoms with van der Waals surface area (Å²) in [5.41, 5.74) is 4.36. The zero-order chi connectivity index (χ0) is 21.2. The molecule has 1 aliphatic heterocycles. The molecule has 2 fully saturated rings. The zero-order valence-corrected chi connectivity index (χ0v) is 19.2. The van der Waals surface area contributed by atoms with Gasteiger partial charge in [0, 0.05) is 44.0 Å². The molecular formula is C24H30N6S. The van der Waals surface area contributed by atoms with Gasteiger partial charge in [-0.2, -0.15) is 0 Å². The van der Waals surface area contributed by atoms with Crippen LogP contribution < -0.4 is 10.2 Å². The minimum absolute atomic E-state index is 0.494. The van der Waals surface area contributed by atoms with Crippen LogP contribution in [0.1, 0.15) is 31.2 Å². The standard InChI is InChI=1S/C24H30N6S/c1-17-6-5-7-18(16-17)21-22(31-24(28-21)30-14-12-29(2)13-15-30)20-10-11-25-23(27-20)26-19-8-3-4-9-19/h5-7,10-11,16,19H,3-4,8-9,12-15H2,1-2H3,(H,25,26,27). The van der Waals surface area contributed by atoms with Gasteiger partial charge in [0.15, 0.2) is 5.13 Å². The van der Waals surface area contributed by atoms with Gasteiger partial charge in [0.25, 0.3) is 0 Å². The number of thiazole rings is 1. The molecule has 2 aliphatic rings. The Bertz CT molecular complexity index is 1030. The van der Waals surface area contributed by atoms with Gasteiger partial charge in [-0.25, -0.2) is 15.0 Å². The molecule has 1 aromatic carbocycles. The monoisotopic (exact) mass is 434 g/mol. The second-order valence-electron chi connectivity index (χ2n) is 8.73. The Labute approximate surface area is 188 Å². The van der Waals surface area contributed by atoms with Gasteiger partial charge in [0.05, 0.1) is 16.3 Å². The Balaban J connectivity index is 1.52. The molecule has 31 heavy (non-hydrogen) atoms. The van der Waals surface area contributed by atoms with Crippen LogP contribution in [0.3, 0.4) is 0 Å². The average Bonchev–Trinajstić information content (AvgIpc) is 3.45. The van der Waals surface area contributed by atoms with Crippen molar-refractivity contribution in [3.05, 3.63) is 42.1 Å². The first kappa shape index (κ1) is 20.4. The van der Waals surface area contributed by atoms with E-state index in [-0.39, 0.29) is 0 Å². The maximum Gasteiger partial charge on any atom is 0.223 e. The number of rotatable bonds is 5. The van der Waals surface area contributed by atoms with Crippen LogP contribution in [0.4, 0.5) is 11.1 Å². The van der Waals surface area contributed by atoms with Crippen LogP contribution in [-0.4, -0.2) is 59.1 Å². The molecule has 0 unspecified atom stereocenters. The molecule has 1 aliphatic carbocycles. The van der Waals surface area contributed by atoms with Gasteiger partial charge >= 0.3 is 0 Å². The molecular weight excluding hydrogens is 404 g/mol. The molecule has 0 radical (unpaired) electrons. The molecule has 0 amide bonds. The molecule has 1 saturated heterocycles. The van der Waals surface area contributed by atoms with Crippen LogP contribution in [0.5, 0.6) is 0 Å². The summed E-state index contributed by atoms with van der Waals surface area (Å²) in [7, 11) is 2.18. The summed E-state index contributed by atoms with van der Waals surface area (Å²) in [6.07, 6.45) is 6.86. The lowest BCUT2D eigenvalue weighted by Gasteiger charge is -2.32. The predicted octanol–water partition coefficient (Wildman–Crippen LogP) is 4.68. The summed E-state index contributed by atoms with van der Waals surface area (Å²) < 4.78 is 0. The van der Waals surface area contributed by atoms with Gasteiger partial charge in [-0.05, 0) is 38.9 Å². The minimum Gasteiger partial charge on any atom is -0.351 e. The topological polar surface area (TPSA) is 57.2 Å². The number of hydrogen-bond donors (Lipinski definition) is 1. The summed E-state index contributed by atoms with van der Waals surface area (Å²) in [6.45, 7) is 6.28. The van der Waals surface area contributed by atoms with E-state index in [0.29, 0.717) is 6.04 Å². The van der Waals surface area contributed by atoms with E-state index in [1.165, 1.54) is 31.2 Å². The number of piperazine rings is 1. The van der Waals surface area contributed by atoms with Crippen molar-refractivity contribution < 1.29 is 0 Å². The molecule has 1 N–H and O–H groups in total. The normalized spacial score (nSPS) is 17.9. The van der Waals surface area contributed by atoms with Gasteiger partial charge < -0.3 is 15.1 Å². The van der Waals surface area contributed by atoms with Crippen LogP contribution in [-0.2, 0) is 0 Å². The Morgan fingerprint density at radius 1 is 1.03 bits per heavy atom. The van der Waals surface area contributed by atoms with Gasteiger partial charge in [-0.3, -0.25) is 0 Å². The van der Waals surface area contributed by atoms with Crippen LogP contribution in [0.15, 0.2) is 36.5 Å². The van der Waals surface area contributed by atoms with Gasteiger partial charge in [-0.15, -0.1) is 0 Å². The summed E-state index contributed by atoms with van der Waals surface area (Å²) in [6, 6.07) is 11.1. The quantitative estimate of drug-likeness (QED) is 0.629. The number of hydrogen-bond acceptors (Lipinski definition) is 7. The molecule has 3 heterocycles. The third-order valence-corrected chi connectivity index (χ3v) is 7.40. The van der Waals surface area contributed by atoms with E-state index in [1.807, 2.05) is 12.3 Å². The minimum atomic E-state index is 0.494. The van der Waals surface area contributed by atoms with Crippen LogP contribution >= 0.6 is 11.3 Å². The molecule has 162 valence electrons. The predicted molar refractivity (Wildman–Crippen MR) is 129 cm³/mol. The lowest BCUT2D eigenvalue weighted by atomic mass is 10.1. The van der Waals surface area contributed by atoms with Crippen molar-refractivity contribution in [2.75, 3.05) is 43.4 Å². The molecule has 1 saturated carbocycles. The fourth-order valence-electron chi connectivity index (χ4n) is 4.41. The molecule has 5 rings (SSSR count). The van der Waals surface area contributed by atoms with Crippen molar-refractivity contribution in [2.24, 2.45) is 0 Å². The smallest absolute Gasteiger partial charge is 0.223 e. The maximum atomic E-state index is 5.12. The average molecular weight is 435 g/mol. The summed E-state index contributed by atoms with van der Waals surface area (Å²) in [5, 5.41) is 4.63.